The first-order valence-electron chi connectivity index (χ1n) is 3.47. The van der Waals surface area contributed by atoms with Crippen LogP contribution >= 0.6 is 15.9 Å². The molecule has 12 heavy (non-hydrogen) atoms. The minimum atomic E-state index is -0.110. The molecule has 0 aliphatic carbocycles. The van der Waals surface area contributed by atoms with E-state index >= 15 is 0 Å². The monoisotopic (exact) mass is 227 g/mol. The number of carbonyl (C=O) groups is 1. The molecule has 0 saturated heterocycles. The normalized spacial score (nSPS) is 25.8. The molecule has 2 heterocycles. The number of fused-ring (bicyclic) bond motifs is 1. The molecule has 2 aliphatic rings. The molecule has 1 unspecified atom stereocenters. The Bertz CT molecular complexity index is 317. The second kappa shape index (κ2) is 2.79. The summed E-state index contributed by atoms with van der Waals surface area (Å²) in [6.45, 7) is 0. The van der Waals surface area contributed by atoms with Gasteiger partial charge in [-0.3, -0.25) is 4.79 Å². The molecule has 0 saturated carbocycles. The second-order valence-electron chi connectivity index (χ2n) is 2.48. The molecule has 0 aromatic rings. The van der Waals surface area contributed by atoms with Gasteiger partial charge in [0.15, 0.2) is 12.0 Å². The van der Waals surface area contributed by atoms with Crippen LogP contribution in [0.4, 0.5) is 0 Å². The fourth-order valence-electron chi connectivity index (χ4n) is 1.16. The lowest BCUT2D eigenvalue weighted by atomic mass is 10.1. The summed E-state index contributed by atoms with van der Waals surface area (Å²) in [5.41, 5.74) is 0.958. The van der Waals surface area contributed by atoms with Crippen LogP contribution in [-0.4, -0.2) is 12.4 Å². The molecule has 62 valence electrons. The van der Waals surface area contributed by atoms with Gasteiger partial charge in [-0.25, -0.2) is 0 Å². The molecule has 2 aliphatic heterocycles. The molecule has 2 rings (SSSR count). The van der Waals surface area contributed by atoms with Crippen LogP contribution in [0.5, 0.6) is 0 Å². The van der Waals surface area contributed by atoms with Crippen LogP contribution in [0.2, 0.25) is 0 Å². The fourth-order valence-corrected chi connectivity index (χ4v) is 1.64. The van der Waals surface area contributed by atoms with E-state index in [9.17, 15) is 4.79 Å². The highest BCUT2D eigenvalue weighted by Gasteiger charge is 2.25. The van der Waals surface area contributed by atoms with Crippen LogP contribution in [0.25, 0.3) is 0 Å². The molecule has 0 aromatic carbocycles. The maximum atomic E-state index is 10.4. The number of aldehydes is 1. The van der Waals surface area contributed by atoms with Gasteiger partial charge in [0.1, 0.15) is 6.10 Å². The number of rotatable bonds is 1. The SMILES string of the molecule is O=CC1=CC2=C(Br)NC=CC2O1. The molecule has 1 N–H and O–H groups in total. The summed E-state index contributed by atoms with van der Waals surface area (Å²) in [5.74, 6) is 0.375. The summed E-state index contributed by atoms with van der Waals surface area (Å²) in [6.07, 6.45) is 5.95. The highest BCUT2D eigenvalue weighted by molar-refractivity contribution is 9.11. The van der Waals surface area contributed by atoms with E-state index in [1.165, 1.54) is 0 Å². The molecule has 0 aromatic heterocycles. The van der Waals surface area contributed by atoms with Crippen LogP contribution < -0.4 is 5.32 Å². The highest BCUT2D eigenvalue weighted by Crippen LogP contribution is 2.29. The molecule has 0 radical (unpaired) electrons. The zero-order chi connectivity index (χ0) is 8.55. The molecule has 0 spiro atoms. The number of allylic oxidation sites excluding steroid dienone is 1. The van der Waals surface area contributed by atoms with Crippen molar-refractivity contribution in [1.82, 2.24) is 5.32 Å². The van der Waals surface area contributed by atoms with E-state index in [0.717, 1.165) is 10.2 Å². The van der Waals surface area contributed by atoms with Crippen molar-refractivity contribution in [1.29, 1.82) is 0 Å². The number of ether oxygens (including phenoxy) is 1. The van der Waals surface area contributed by atoms with Crippen LogP contribution in [0.15, 0.2) is 34.3 Å². The topological polar surface area (TPSA) is 38.3 Å². The van der Waals surface area contributed by atoms with Gasteiger partial charge in [-0.05, 0) is 28.1 Å². The van der Waals surface area contributed by atoms with Crippen molar-refractivity contribution in [3.05, 3.63) is 34.3 Å². The van der Waals surface area contributed by atoms with Gasteiger partial charge in [-0.15, -0.1) is 0 Å². The Labute approximate surface area is 77.9 Å². The number of dihydropyridines is 1. The minimum absolute atomic E-state index is 0.110. The van der Waals surface area contributed by atoms with Crippen molar-refractivity contribution in [2.45, 2.75) is 6.10 Å². The first kappa shape index (κ1) is 7.61. The summed E-state index contributed by atoms with van der Waals surface area (Å²) < 4.78 is 6.12. The predicted octanol–water partition coefficient (Wildman–Crippen LogP) is 1.19. The lowest BCUT2D eigenvalue weighted by molar-refractivity contribution is -0.107. The average Bonchev–Trinajstić information content (AvgIpc) is 2.49. The maximum absolute atomic E-state index is 10.4. The van der Waals surface area contributed by atoms with E-state index in [-0.39, 0.29) is 6.10 Å². The van der Waals surface area contributed by atoms with Gasteiger partial charge < -0.3 is 10.1 Å². The van der Waals surface area contributed by atoms with Crippen molar-refractivity contribution < 1.29 is 9.53 Å². The molecule has 1 atom stereocenters. The maximum Gasteiger partial charge on any atom is 0.184 e. The van der Waals surface area contributed by atoms with E-state index in [4.69, 9.17) is 4.74 Å². The Morgan fingerprint density at radius 2 is 2.50 bits per heavy atom. The van der Waals surface area contributed by atoms with Gasteiger partial charge in [0, 0.05) is 11.8 Å². The lowest BCUT2D eigenvalue weighted by Gasteiger charge is -2.14. The quantitative estimate of drug-likeness (QED) is 0.541. The standard InChI is InChI=1S/C8H6BrNO2/c9-8-6-3-5(4-11)12-7(6)1-2-10-8/h1-4,7,10H. The zero-order valence-corrected chi connectivity index (χ0v) is 7.67. The third-order valence-corrected chi connectivity index (χ3v) is 2.40. The molecular formula is C8H6BrNO2. The predicted molar refractivity (Wildman–Crippen MR) is 47.2 cm³/mol. The minimum Gasteiger partial charge on any atom is -0.478 e. The van der Waals surface area contributed by atoms with Gasteiger partial charge in [0.05, 0.1) is 4.61 Å². The van der Waals surface area contributed by atoms with Crippen molar-refractivity contribution in [3.8, 4) is 0 Å². The number of halogens is 1. The summed E-state index contributed by atoms with van der Waals surface area (Å²) >= 11 is 3.33. The summed E-state index contributed by atoms with van der Waals surface area (Å²) in [7, 11) is 0. The van der Waals surface area contributed by atoms with Crippen molar-refractivity contribution in [3.63, 3.8) is 0 Å². The Balaban J connectivity index is 2.36. The highest BCUT2D eigenvalue weighted by atomic mass is 79.9. The Hall–Kier alpha value is -1.03. The Kier molecular flexibility index (Phi) is 1.77. The molecule has 0 amide bonds. The van der Waals surface area contributed by atoms with E-state index < -0.39 is 0 Å². The summed E-state index contributed by atoms with van der Waals surface area (Å²) in [4.78, 5) is 10.4. The molecule has 3 nitrogen and oxygen atoms in total. The average molecular weight is 228 g/mol. The smallest absolute Gasteiger partial charge is 0.184 e. The van der Waals surface area contributed by atoms with Crippen molar-refractivity contribution in [2.24, 2.45) is 0 Å². The zero-order valence-electron chi connectivity index (χ0n) is 6.08. The first-order chi connectivity index (χ1) is 5.81. The largest absolute Gasteiger partial charge is 0.478 e. The molecular weight excluding hydrogens is 222 g/mol. The third-order valence-electron chi connectivity index (χ3n) is 1.72. The lowest BCUT2D eigenvalue weighted by Crippen LogP contribution is -2.16. The van der Waals surface area contributed by atoms with E-state index in [2.05, 4.69) is 21.2 Å². The molecule has 0 fully saturated rings. The first-order valence-corrected chi connectivity index (χ1v) is 4.27. The van der Waals surface area contributed by atoms with E-state index in [1.807, 2.05) is 6.08 Å². The number of nitrogens with one attached hydrogen (secondary N) is 1. The third kappa shape index (κ3) is 1.08. The van der Waals surface area contributed by atoms with E-state index in [0.29, 0.717) is 12.0 Å². The number of carbonyl (C=O) groups excluding carboxylic acids is 1. The van der Waals surface area contributed by atoms with E-state index in [1.54, 1.807) is 12.3 Å². The van der Waals surface area contributed by atoms with Gasteiger partial charge in [-0.2, -0.15) is 0 Å². The van der Waals surface area contributed by atoms with Gasteiger partial charge in [0.2, 0.25) is 0 Å². The van der Waals surface area contributed by atoms with Crippen molar-refractivity contribution in [2.75, 3.05) is 0 Å². The number of hydrogen-bond donors (Lipinski definition) is 1. The van der Waals surface area contributed by atoms with Crippen molar-refractivity contribution >= 4 is 22.2 Å². The Morgan fingerprint density at radius 3 is 3.17 bits per heavy atom. The van der Waals surface area contributed by atoms with Gasteiger partial charge in [-0.1, -0.05) is 0 Å². The summed E-state index contributed by atoms with van der Waals surface area (Å²) in [5, 5.41) is 2.97. The summed E-state index contributed by atoms with van der Waals surface area (Å²) in [6, 6.07) is 0. The van der Waals surface area contributed by atoms with Crippen LogP contribution in [0, 0.1) is 0 Å². The fraction of sp³-hybridized carbons (Fsp3) is 0.125. The number of hydrogen-bond acceptors (Lipinski definition) is 3. The Morgan fingerprint density at radius 1 is 1.67 bits per heavy atom. The van der Waals surface area contributed by atoms with Crippen LogP contribution in [0.3, 0.4) is 0 Å². The van der Waals surface area contributed by atoms with Gasteiger partial charge >= 0.3 is 0 Å². The second-order valence-corrected chi connectivity index (χ2v) is 3.27. The van der Waals surface area contributed by atoms with Crippen LogP contribution in [0.1, 0.15) is 0 Å². The molecule has 0 bridgehead atoms. The van der Waals surface area contributed by atoms with Crippen LogP contribution in [-0.2, 0) is 9.53 Å². The van der Waals surface area contributed by atoms with Gasteiger partial charge in [0.25, 0.3) is 0 Å². The molecule has 4 heteroatoms.